The molecule has 92 valence electrons. The highest BCUT2D eigenvalue weighted by molar-refractivity contribution is 5.94. The molecule has 1 atom stereocenters. The van der Waals surface area contributed by atoms with Crippen LogP contribution in [0.3, 0.4) is 0 Å². The molecule has 0 spiro atoms. The van der Waals surface area contributed by atoms with Gasteiger partial charge >= 0.3 is 0 Å². The predicted molar refractivity (Wildman–Crippen MR) is 61.8 cm³/mol. The van der Waals surface area contributed by atoms with Crippen LogP contribution < -0.4 is 4.74 Å². The van der Waals surface area contributed by atoms with Gasteiger partial charge in [-0.2, -0.15) is 0 Å². The van der Waals surface area contributed by atoms with Crippen molar-refractivity contribution in [1.29, 1.82) is 0 Å². The molecule has 0 saturated carbocycles. The number of benzene rings is 1. The first kappa shape index (κ1) is 13.4. The number of ketones is 2. The molecule has 3 nitrogen and oxygen atoms in total. The van der Waals surface area contributed by atoms with Crippen LogP contribution in [0.1, 0.15) is 37.6 Å². The second kappa shape index (κ2) is 5.57. The number of carbonyl (C=O) groups is 2. The molecule has 0 amide bonds. The van der Waals surface area contributed by atoms with E-state index >= 15 is 0 Å². The SMILES string of the molecule is CCC(=O)C(C)Oc1ccc(C(C)=O)c(F)c1. The molecule has 0 N–H and O–H groups in total. The molecule has 0 aliphatic rings. The van der Waals surface area contributed by atoms with Crippen LogP contribution in [0.5, 0.6) is 5.75 Å². The minimum atomic E-state index is -0.633. The summed E-state index contributed by atoms with van der Waals surface area (Å²) >= 11 is 0. The molecule has 0 aromatic heterocycles. The molecule has 1 rings (SSSR count). The average Bonchev–Trinajstić information content (AvgIpc) is 2.27. The van der Waals surface area contributed by atoms with E-state index in [1.165, 1.54) is 19.1 Å². The van der Waals surface area contributed by atoms with Gasteiger partial charge in [0.15, 0.2) is 17.7 Å². The Labute approximate surface area is 99.6 Å². The van der Waals surface area contributed by atoms with Crippen molar-refractivity contribution in [2.45, 2.75) is 33.3 Å². The Balaban J connectivity index is 2.84. The first-order chi connectivity index (χ1) is 7.95. The van der Waals surface area contributed by atoms with Gasteiger partial charge in [-0.3, -0.25) is 9.59 Å². The van der Waals surface area contributed by atoms with Crippen LogP contribution in [0, 0.1) is 5.82 Å². The fraction of sp³-hybridized carbons (Fsp3) is 0.385. The van der Waals surface area contributed by atoms with Gasteiger partial charge in [-0.25, -0.2) is 4.39 Å². The van der Waals surface area contributed by atoms with Crippen LogP contribution in [0.25, 0.3) is 0 Å². The standard InChI is InChI=1S/C13H15FO3/c1-4-13(16)9(3)17-10-5-6-11(8(2)15)12(14)7-10/h5-7,9H,4H2,1-3H3. The smallest absolute Gasteiger partial charge is 0.172 e. The molecule has 0 radical (unpaired) electrons. The molecular formula is C13H15FO3. The van der Waals surface area contributed by atoms with Crippen LogP contribution in [0.4, 0.5) is 4.39 Å². The zero-order chi connectivity index (χ0) is 13.0. The van der Waals surface area contributed by atoms with Gasteiger partial charge in [-0.1, -0.05) is 6.92 Å². The lowest BCUT2D eigenvalue weighted by Crippen LogP contribution is -2.22. The normalized spacial score (nSPS) is 12.0. The number of carbonyl (C=O) groups excluding carboxylic acids is 2. The molecule has 0 aliphatic heterocycles. The van der Waals surface area contributed by atoms with Crippen molar-refractivity contribution < 1.29 is 18.7 Å². The van der Waals surface area contributed by atoms with Crippen molar-refractivity contribution in [2.75, 3.05) is 0 Å². The van der Waals surface area contributed by atoms with Gasteiger partial charge in [0, 0.05) is 12.5 Å². The Morgan fingerprint density at radius 1 is 1.41 bits per heavy atom. The largest absolute Gasteiger partial charge is 0.483 e. The van der Waals surface area contributed by atoms with Gasteiger partial charge in [-0.15, -0.1) is 0 Å². The lowest BCUT2D eigenvalue weighted by Gasteiger charge is -2.13. The molecule has 0 saturated heterocycles. The van der Waals surface area contributed by atoms with E-state index in [0.717, 1.165) is 6.07 Å². The van der Waals surface area contributed by atoms with E-state index in [2.05, 4.69) is 0 Å². The van der Waals surface area contributed by atoms with Crippen molar-refractivity contribution >= 4 is 11.6 Å². The molecule has 1 unspecified atom stereocenters. The lowest BCUT2D eigenvalue weighted by atomic mass is 10.1. The van der Waals surface area contributed by atoms with Crippen molar-refractivity contribution in [1.82, 2.24) is 0 Å². The van der Waals surface area contributed by atoms with E-state index in [1.807, 2.05) is 0 Å². The summed E-state index contributed by atoms with van der Waals surface area (Å²) in [5.74, 6) is -0.777. The van der Waals surface area contributed by atoms with Crippen molar-refractivity contribution in [3.05, 3.63) is 29.6 Å². The third-order valence-electron chi connectivity index (χ3n) is 2.43. The molecule has 0 bridgehead atoms. The summed E-state index contributed by atoms with van der Waals surface area (Å²) in [6.07, 6.45) is -0.239. The molecule has 0 aliphatic carbocycles. The second-order valence-corrected chi connectivity index (χ2v) is 3.78. The van der Waals surface area contributed by atoms with E-state index in [0.29, 0.717) is 6.42 Å². The highest BCUT2D eigenvalue weighted by Gasteiger charge is 2.14. The van der Waals surface area contributed by atoms with Crippen molar-refractivity contribution in [3.63, 3.8) is 0 Å². The predicted octanol–water partition coefficient (Wildman–Crippen LogP) is 2.77. The van der Waals surface area contributed by atoms with Crippen LogP contribution in [-0.2, 0) is 4.79 Å². The quantitative estimate of drug-likeness (QED) is 0.741. The summed E-state index contributed by atoms with van der Waals surface area (Å²) in [7, 11) is 0. The van der Waals surface area contributed by atoms with Crippen LogP contribution in [0.2, 0.25) is 0 Å². The average molecular weight is 238 g/mol. The van der Waals surface area contributed by atoms with E-state index < -0.39 is 11.9 Å². The maximum atomic E-state index is 13.4. The fourth-order valence-corrected chi connectivity index (χ4v) is 1.41. The van der Waals surface area contributed by atoms with Gasteiger partial charge < -0.3 is 4.74 Å². The molecular weight excluding hydrogens is 223 g/mol. The third-order valence-corrected chi connectivity index (χ3v) is 2.43. The maximum Gasteiger partial charge on any atom is 0.172 e. The number of ether oxygens (including phenoxy) is 1. The minimum absolute atomic E-state index is 0.0202. The maximum absolute atomic E-state index is 13.4. The number of hydrogen-bond acceptors (Lipinski definition) is 3. The summed E-state index contributed by atoms with van der Waals surface area (Å²) in [4.78, 5) is 22.3. The van der Waals surface area contributed by atoms with Gasteiger partial charge in [0.05, 0.1) is 5.56 Å². The minimum Gasteiger partial charge on any atom is -0.483 e. The molecule has 1 aromatic rings. The zero-order valence-corrected chi connectivity index (χ0v) is 10.1. The Hall–Kier alpha value is -1.71. The first-order valence-electron chi connectivity index (χ1n) is 5.45. The van der Waals surface area contributed by atoms with E-state index in [1.54, 1.807) is 13.8 Å². The third kappa shape index (κ3) is 3.37. The number of hydrogen-bond donors (Lipinski definition) is 0. The molecule has 0 heterocycles. The zero-order valence-electron chi connectivity index (χ0n) is 10.1. The van der Waals surface area contributed by atoms with Crippen molar-refractivity contribution in [3.8, 4) is 5.75 Å². The first-order valence-corrected chi connectivity index (χ1v) is 5.45. The molecule has 1 aromatic carbocycles. The lowest BCUT2D eigenvalue weighted by molar-refractivity contribution is -0.124. The Morgan fingerprint density at radius 2 is 2.06 bits per heavy atom. The summed E-state index contributed by atoms with van der Waals surface area (Å²) < 4.78 is 18.7. The highest BCUT2D eigenvalue weighted by atomic mass is 19.1. The van der Waals surface area contributed by atoms with E-state index in [4.69, 9.17) is 4.74 Å². The summed E-state index contributed by atoms with van der Waals surface area (Å²) in [6.45, 7) is 4.65. The van der Waals surface area contributed by atoms with Crippen LogP contribution >= 0.6 is 0 Å². The topological polar surface area (TPSA) is 43.4 Å². The monoisotopic (exact) mass is 238 g/mol. The van der Waals surface area contributed by atoms with Crippen molar-refractivity contribution in [2.24, 2.45) is 0 Å². The second-order valence-electron chi connectivity index (χ2n) is 3.78. The summed E-state index contributed by atoms with van der Waals surface area (Å²) in [6, 6.07) is 3.96. The number of halogens is 1. The Morgan fingerprint density at radius 3 is 2.53 bits per heavy atom. The van der Waals surface area contributed by atoms with Crippen LogP contribution in [-0.4, -0.2) is 17.7 Å². The highest BCUT2D eigenvalue weighted by Crippen LogP contribution is 2.18. The summed E-state index contributed by atoms with van der Waals surface area (Å²) in [5.41, 5.74) is 0.0202. The fourth-order valence-electron chi connectivity index (χ4n) is 1.41. The van der Waals surface area contributed by atoms with Gasteiger partial charge in [-0.05, 0) is 26.0 Å². The van der Waals surface area contributed by atoms with E-state index in [9.17, 15) is 14.0 Å². The Kier molecular flexibility index (Phi) is 4.37. The van der Waals surface area contributed by atoms with Gasteiger partial charge in [0.1, 0.15) is 11.6 Å². The van der Waals surface area contributed by atoms with E-state index in [-0.39, 0.29) is 22.9 Å². The number of Topliss-reactive ketones (excluding diaryl/α,β-unsaturated/α-hetero) is 2. The molecule has 17 heavy (non-hydrogen) atoms. The van der Waals surface area contributed by atoms with Gasteiger partial charge in [0.25, 0.3) is 0 Å². The molecule has 4 heteroatoms. The number of rotatable bonds is 5. The summed E-state index contributed by atoms with van der Waals surface area (Å²) in [5, 5.41) is 0. The van der Waals surface area contributed by atoms with Gasteiger partial charge in [0.2, 0.25) is 0 Å². The Bertz CT molecular complexity index is 440. The molecule has 0 fully saturated rings. The van der Waals surface area contributed by atoms with Crippen LogP contribution in [0.15, 0.2) is 18.2 Å².